The molecule has 0 aliphatic heterocycles. The van der Waals surface area contributed by atoms with Crippen molar-refractivity contribution in [3.63, 3.8) is 0 Å². The third-order valence-corrected chi connectivity index (χ3v) is 4.07. The minimum absolute atomic E-state index is 0.179. The fourth-order valence-electron chi connectivity index (χ4n) is 2.40. The Bertz CT molecular complexity index is 768. The predicted molar refractivity (Wildman–Crippen MR) is 91.8 cm³/mol. The van der Waals surface area contributed by atoms with Gasteiger partial charge in [-0.15, -0.1) is 0 Å². The van der Waals surface area contributed by atoms with Gasteiger partial charge in [0.2, 0.25) is 0 Å². The molecule has 1 unspecified atom stereocenters. The van der Waals surface area contributed by atoms with E-state index in [0.29, 0.717) is 5.75 Å². The summed E-state index contributed by atoms with van der Waals surface area (Å²) in [5.74, 6) is 0.294. The van der Waals surface area contributed by atoms with Crippen molar-refractivity contribution in [1.29, 1.82) is 0 Å². The highest BCUT2D eigenvalue weighted by Crippen LogP contribution is 2.26. The standard InChI is InChI=1S/C18H16BrNO/c1-12(13-4-8-18(21)9-5-13)20-17-7-3-14-10-16(19)6-2-15(14)11-17/h2-12,20-21H,1H3. The van der Waals surface area contributed by atoms with Crippen LogP contribution in [0.25, 0.3) is 10.8 Å². The molecule has 0 aliphatic carbocycles. The molecule has 3 aromatic rings. The summed E-state index contributed by atoms with van der Waals surface area (Å²) < 4.78 is 1.09. The number of halogens is 1. The first kappa shape index (κ1) is 14.0. The fourth-order valence-corrected chi connectivity index (χ4v) is 2.78. The van der Waals surface area contributed by atoms with Crippen LogP contribution >= 0.6 is 15.9 Å². The number of phenols is 1. The van der Waals surface area contributed by atoms with E-state index in [2.05, 4.69) is 64.6 Å². The SMILES string of the molecule is CC(Nc1ccc2cc(Br)ccc2c1)c1ccc(O)cc1. The van der Waals surface area contributed by atoms with Crippen LogP contribution in [0, 0.1) is 0 Å². The van der Waals surface area contributed by atoms with Gasteiger partial charge in [0.15, 0.2) is 0 Å². The van der Waals surface area contributed by atoms with Gasteiger partial charge >= 0.3 is 0 Å². The molecule has 106 valence electrons. The molecule has 0 heterocycles. The Labute approximate surface area is 132 Å². The van der Waals surface area contributed by atoms with E-state index in [0.717, 1.165) is 15.7 Å². The van der Waals surface area contributed by atoms with Crippen LogP contribution < -0.4 is 5.32 Å². The van der Waals surface area contributed by atoms with Gasteiger partial charge in [0.1, 0.15) is 5.75 Å². The van der Waals surface area contributed by atoms with Crippen LogP contribution in [0.5, 0.6) is 5.75 Å². The maximum Gasteiger partial charge on any atom is 0.115 e. The van der Waals surface area contributed by atoms with Crippen LogP contribution in [0.4, 0.5) is 5.69 Å². The van der Waals surface area contributed by atoms with Crippen molar-refractivity contribution in [2.24, 2.45) is 0 Å². The Hall–Kier alpha value is -2.00. The zero-order valence-electron chi connectivity index (χ0n) is 11.7. The van der Waals surface area contributed by atoms with Crippen molar-refractivity contribution in [2.75, 3.05) is 5.32 Å². The number of hydrogen-bond acceptors (Lipinski definition) is 2. The van der Waals surface area contributed by atoms with Crippen LogP contribution in [0.3, 0.4) is 0 Å². The predicted octanol–water partition coefficient (Wildman–Crippen LogP) is 5.48. The lowest BCUT2D eigenvalue weighted by atomic mass is 10.1. The van der Waals surface area contributed by atoms with Crippen molar-refractivity contribution in [2.45, 2.75) is 13.0 Å². The number of benzene rings is 3. The van der Waals surface area contributed by atoms with Gasteiger partial charge in [-0.05, 0) is 59.7 Å². The molecule has 0 bridgehead atoms. The van der Waals surface area contributed by atoms with Crippen molar-refractivity contribution in [3.05, 3.63) is 70.7 Å². The van der Waals surface area contributed by atoms with Crippen LogP contribution in [-0.4, -0.2) is 5.11 Å². The summed E-state index contributed by atoms with van der Waals surface area (Å²) in [6, 6.07) is 20.1. The second-order valence-corrected chi connectivity index (χ2v) is 6.08. The minimum atomic E-state index is 0.179. The van der Waals surface area contributed by atoms with Crippen LogP contribution in [0.2, 0.25) is 0 Å². The normalized spacial score (nSPS) is 12.3. The molecule has 2 N–H and O–H groups in total. The van der Waals surface area contributed by atoms with Gasteiger partial charge in [-0.3, -0.25) is 0 Å². The van der Waals surface area contributed by atoms with Gasteiger partial charge in [0.25, 0.3) is 0 Å². The lowest BCUT2D eigenvalue weighted by Crippen LogP contribution is -2.06. The first-order valence-electron chi connectivity index (χ1n) is 6.86. The average molecular weight is 342 g/mol. The van der Waals surface area contributed by atoms with Gasteiger partial charge in [0.05, 0.1) is 0 Å². The zero-order valence-corrected chi connectivity index (χ0v) is 13.3. The van der Waals surface area contributed by atoms with Gasteiger partial charge in [0, 0.05) is 16.2 Å². The Kier molecular flexibility index (Phi) is 3.84. The van der Waals surface area contributed by atoms with E-state index in [4.69, 9.17) is 0 Å². The van der Waals surface area contributed by atoms with E-state index in [1.807, 2.05) is 12.1 Å². The molecule has 2 nitrogen and oxygen atoms in total. The number of hydrogen-bond donors (Lipinski definition) is 2. The summed E-state index contributed by atoms with van der Waals surface area (Å²) in [7, 11) is 0. The zero-order chi connectivity index (χ0) is 14.8. The Morgan fingerprint density at radius 2 is 1.57 bits per heavy atom. The second-order valence-electron chi connectivity index (χ2n) is 5.16. The summed E-state index contributed by atoms with van der Waals surface area (Å²) >= 11 is 3.49. The van der Waals surface area contributed by atoms with Crippen molar-refractivity contribution in [3.8, 4) is 5.75 Å². The molecule has 0 fully saturated rings. The Morgan fingerprint density at radius 1 is 0.905 bits per heavy atom. The number of phenolic OH excluding ortho intramolecular Hbond substituents is 1. The first-order valence-corrected chi connectivity index (χ1v) is 7.66. The monoisotopic (exact) mass is 341 g/mol. The highest BCUT2D eigenvalue weighted by molar-refractivity contribution is 9.10. The molecule has 0 aromatic heterocycles. The summed E-state index contributed by atoms with van der Waals surface area (Å²) in [6.45, 7) is 2.11. The quantitative estimate of drug-likeness (QED) is 0.660. The number of anilines is 1. The fraction of sp³-hybridized carbons (Fsp3) is 0.111. The molecular weight excluding hydrogens is 326 g/mol. The van der Waals surface area contributed by atoms with E-state index >= 15 is 0 Å². The largest absolute Gasteiger partial charge is 0.508 e. The molecule has 3 rings (SSSR count). The van der Waals surface area contributed by atoms with Crippen LogP contribution in [0.15, 0.2) is 65.1 Å². The smallest absolute Gasteiger partial charge is 0.115 e. The van der Waals surface area contributed by atoms with Gasteiger partial charge in [-0.1, -0.05) is 40.2 Å². The summed E-state index contributed by atoms with van der Waals surface area (Å²) in [5.41, 5.74) is 2.23. The molecule has 0 saturated heterocycles. The third-order valence-electron chi connectivity index (χ3n) is 3.58. The van der Waals surface area contributed by atoms with E-state index in [9.17, 15) is 5.11 Å². The molecule has 3 heteroatoms. The number of rotatable bonds is 3. The van der Waals surface area contributed by atoms with E-state index < -0.39 is 0 Å². The molecular formula is C18H16BrNO. The maximum absolute atomic E-state index is 9.34. The van der Waals surface area contributed by atoms with E-state index in [-0.39, 0.29) is 6.04 Å². The lowest BCUT2D eigenvalue weighted by molar-refractivity contribution is 0.475. The molecule has 1 atom stereocenters. The highest BCUT2D eigenvalue weighted by Gasteiger charge is 2.06. The molecule has 3 aromatic carbocycles. The minimum Gasteiger partial charge on any atom is -0.508 e. The average Bonchev–Trinajstić information content (AvgIpc) is 2.48. The Morgan fingerprint density at radius 3 is 2.33 bits per heavy atom. The maximum atomic E-state index is 9.34. The van der Waals surface area contributed by atoms with Crippen molar-refractivity contribution >= 4 is 32.4 Å². The van der Waals surface area contributed by atoms with Crippen molar-refractivity contribution < 1.29 is 5.11 Å². The van der Waals surface area contributed by atoms with Crippen LogP contribution in [-0.2, 0) is 0 Å². The van der Waals surface area contributed by atoms with Crippen LogP contribution in [0.1, 0.15) is 18.5 Å². The van der Waals surface area contributed by atoms with Gasteiger partial charge in [-0.25, -0.2) is 0 Å². The number of nitrogens with one attached hydrogen (secondary N) is 1. The molecule has 0 saturated carbocycles. The lowest BCUT2D eigenvalue weighted by Gasteiger charge is -2.16. The summed E-state index contributed by atoms with van der Waals surface area (Å²) in [5, 5.41) is 15.3. The number of fused-ring (bicyclic) bond motifs is 1. The van der Waals surface area contributed by atoms with Gasteiger partial charge < -0.3 is 10.4 Å². The molecule has 0 amide bonds. The molecule has 21 heavy (non-hydrogen) atoms. The molecule has 0 spiro atoms. The first-order chi connectivity index (χ1) is 10.1. The Balaban J connectivity index is 1.84. The summed E-state index contributed by atoms with van der Waals surface area (Å²) in [6.07, 6.45) is 0. The highest BCUT2D eigenvalue weighted by atomic mass is 79.9. The third kappa shape index (κ3) is 3.19. The van der Waals surface area contributed by atoms with E-state index in [1.165, 1.54) is 10.8 Å². The van der Waals surface area contributed by atoms with Crippen molar-refractivity contribution in [1.82, 2.24) is 0 Å². The van der Waals surface area contributed by atoms with Gasteiger partial charge in [-0.2, -0.15) is 0 Å². The summed E-state index contributed by atoms with van der Waals surface area (Å²) in [4.78, 5) is 0. The second kappa shape index (κ2) is 5.78. The molecule has 0 radical (unpaired) electrons. The van der Waals surface area contributed by atoms with E-state index in [1.54, 1.807) is 12.1 Å². The number of aromatic hydroxyl groups is 1. The topological polar surface area (TPSA) is 32.3 Å². The molecule has 0 aliphatic rings.